The zero-order chi connectivity index (χ0) is 6.85. The average Bonchev–Trinajstić information content (AvgIpc) is 1.80. The minimum absolute atomic E-state index is 0.212. The summed E-state index contributed by atoms with van der Waals surface area (Å²) in [5, 5.41) is 0. The molecule has 3 heteroatoms. The number of alkyl halides is 1. The minimum atomic E-state index is 0.212. The fourth-order valence-corrected chi connectivity index (χ4v) is 1.29. The molecule has 2 nitrogen and oxygen atoms in total. The van der Waals surface area contributed by atoms with Crippen LogP contribution in [-0.4, -0.2) is 49.0 Å². The summed E-state index contributed by atoms with van der Waals surface area (Å²) in [6.07, 6.45) is 0. The molecular weight excluding hydrogens is 136 g/mol. The van der Waals surface area contributed by atoms with Crippen molar-refractivity contribution in [3.8, 4) is 0 Å². The first-order valence-corrected chi connectivity index (χ1v) is 3.66. The molecule has 9 heavy (non-hydrogen) atoms. The number of rotatable bonds is 0. The van der Waals surface area contributed by atoms with Crippen LogP contribution in [0.15, 0.2) is 0 Å². The molecule has 1 atom stereocenters. The third kappa shape index (κ3) is 1.81. The van der Waals surface area contributed by atoms with E-state index in [-0.39, 0.29) is 5.50 Å². The van der Waals surface area contributed by atoms with E-state index < -0.39 is 0 Å². The second kappa shape index (κ2) is 2.86. The van der Waals surface area contributed by atoms with E-state index >= 15 is 0 Å². The van der Waals surface area contributed by atoms with Gasteiger partial charge in [0.1, 0.15) is 0 Å². The highest BCUT2D eigenvalue weighted by Gasteiger charge is 2.18. The number of nitrogens with zero attached hydrogens (tertiary/aromatic N) is 2. The SMILES string of the molecule is CN1CCN(C)[C@H](Cl)C1. The van der Waals surface area contributed by atoms with Gasteiger partial charge in [-0.05, 0) is 14.1 Å². The van der Waals surface area contributed by atoms with Gasteiger partial charge in [0.15, 0.2) is 0 Å². The predicted octanol–water partition coefficient (Wildman–Crippen LogP) is 0.428. The summed E-state index contributed by atoms with van der Waals surface area (Å²) in [4.78, 5) is 4.42. The molecule has 0 radical (unpaired) electrons. The Morgan fingerprint density at radius 2 is 2.00 bits per heavy atom. The summed E-state index contributed by atoms with van der Waals surface area (Å²) >= 11 is 5.95. The van der Waals surface area contributed by atoms with Gasteiger partial charge in [0.25, 0.3) is 0 Å². The summed E-state index contributed by atoms with van der Waals surface area (Å²) < 4.78 is 0. The fraction of sp³-hybridized carbons (Fsp3) is 1.00. The van der Waals surface area contributed by atoms with Gasteiger partial charge in [-0.3, -0.25) is 4.90 Å². The molecule has 0 N–H and O–H groups in total. The molecule has 0 saturated carbocycles. The smallest absolute Gasteiger partial charge is 0.0976 e. The van der Waals surface area contributed by atoms with Gasteiger partial charge < -0.3 is 4.90 Å². The van der Waals surface area contributed by atoms with Crippen LogP contribution in [0.5, 0.6) is 0 Å². The molecule has 0 aliphatic carbocycles. The van der Waals surface area contributed by atoms with Crippen LogP contribution in [0, 0.1) is 0 Å². The zero-order valence-corrected chi connectivity index (χ0v) is 6.73. The number of piperazine rings is 1. The van der Waals surface area contributed by atoms with Crippen molar-refractivity contribution in [1.82, 2.24) is 9.80 Å². The number of hydrogen-bond donors (Lipinski definition) is 0. The summed E-state index contributed by atoms with van der Waals surface area (Å²) in [6.45, 7) is 3.21. The Labute approximate surface area is 61.4 Å². The highest BCUT2D eigenvalue weighted by molar-refractivity contribution is 6.20. The highest BCUT2D eigenvalue weighted by Crippen LogP contribution is 2.08. The maximum atomic E-state index is 5.95. The molecule has 0 spiro atoms. The van der Waals surface area contributed by atoms with Gasteiger partial charge in [0, 0.05) is 19.6 Å². The third-order valence-corrected chi connectivity index (χ3v) is 2.25. The van der Waals surface area contributed by atoms with Gasteiger partial charge in [-0.15, -0.1) is 11.6 Å². The Kier molecular flexibility index (Phi) is 2.33. The Morgan fingerprint density at radius 1 is 1.33 bits per heavy atom. The van der Waals surface area contributed by atoms with Gasteiger partial charge >= 0.3 is 0 Å². The second-order valence-corrected chi connectivity index (χ2v) is 3.18. The molecule has 1 heterocycles. The molecule has 0 aromatic heterocycles. The van der Waals surface area contributed by atoms with Gasteiger partial charge in [-0.2, -0.15) is 0 Å². The predicted molar refractivity (Wildman–Crippen MR) is 39.8 cm³/mol. The van der Waals surface area contributed by atoms with Crippen LogP contribution < -0.4 is 0 Å². The maximum absolute atomic E-state index is 5.95. The lowest BCUT2D eigenvalue weighted by atomic mass is 10.3. The molecule has 1 aliphatic rings. The van der Waals surface area contributed by atoms with Crippen molar-refractivity contribution in [2.24, 2.45) is 0 Å². The topological polar surface area (TPSA) is 6.48 Å². The van der Waals surface area contributed by atoms with Crippen LogP contribution in [0.1, 0.15) is 0 Å². The Hall–Kier alpha value is 0.210. The van der Waals surface area contributed by atoms with Gasteiger partial charge in [-0.1, -0.05) is 0 Å². The molecule has 54 valence electrons. The molecule has 1 fully saturated rings. The van der Waals surface area contributed by atoms with Crippen LogP contribution in [0.2, 0.25) is 0 Å². The number of hydrogen-bond acceptors (Lipinski definition) is 2. The van der Waals surface area contributed by atoms with E-state index in [0.717, 1.165) is 19.6 Å². The van der Waals surface area contributed by atoms with Crippen molar-refractivity contribution in [3.63, 3.8) is 0 Å². The molecule has 0 amide bonds. The van der Waals surface area contributed by atoms with E-state index in [9.17, 15) is 0 Å². The third-order valence-electron chi connectivity index (χ3n) is 1.78. The van der Waals surface area contributed by atoms with Crippen molar-refractivity contribution in [2.45, 2.75) is 5.50 Å². The summed E-state index contributed by atoms with van der Waals surface area (Å²) in [6, 6.07) is 0. The highest BCUT2D eigenvalue weighted by atomic mass is 35.5. The summed E-state index contributed by atoms with van der Waals surface area (Å²) in [5.41, 5.74) is 0.212. The maximum Gasteiger partial charge on any atom is 0.0976 e. The Morgan fingerprint density at radius 3 is 2.44 bits per heavy atom. The minimum Gasteiger partial charge on any atom is -0.302 e. The molecule has 0 unspecified atom stereocenters. The molecule has 1 aliphatic heterocycles. The molecule has 1 saturated heterocycles. The lowest BCUT2D eigenvalue weighted by Gasteiger charge is -2.33. The Balaban J connectivity index is 2.35. The van der Waals surface area contributed by atoms with Crippen molar-refractivity contribution < 1.29 is 0 Å². The van der Waals surface area contributed by atoms with Crippen molar-refractivity contribution >= 4 is 11.6 Å². The van der Waals surface area contributed by atoms with E-state index in [1.54, 1.807) is 0 Å². The van der Waals surface area contributed by atoms with Crippen LogP contribution in [0.4, 0.5) is 0 Å². The van der Waals surface area contributed by atoms with E-state index in [2.05, 4.69) is 23.9 Å². The summed E-state index contributed by atoms with van der Waals surface area (Å²) in [7, 11) is 4.16. The molecule has 0 aromatic carbocycles. The zero-order valence-electron chi connectivity index (χ0n) is 5.97. The standard InChI is InChI=1S/C6H13ClN2/c1-8-3-4-9(2)6(7)5-8/h6H,3-5H2,1-2H3/t6-/m0/s1. The monoisotopic (exact) mass is 148 g/mol. The number of likely N-dealkylation sites (N-methyl/N-ethyl adjacent to an activating group) is 2. The van der Waals surface area contributed by atoms with Crippen LogP contribution in [-0.2, 0) is 0 Å². The lowest BCUT2D eigenvalue weighted by molar-refractivity contribution is 0.158. The second-order valence-electron chi connectivity index (χ2n) is 2.68. The van der Waals surface area contributed by atoms with Crippen molar-refractivity contribution in [3.05, 3.63) is 0 Å². The van der Waals surface area contributed by atoms with Crippen LogP contribution >= 0.6 is 11.6 Å². The largest absolute Gasteiger partial charge is 0.302 e. The molecular formula is C6H13ClN2. The molecule has 0 aromatic rings. The summed E-state index contributed by atoms with van der Waals surface area (Å²) in [5.74, 6) is 0. The van der Waals surface area contributed by atoms with Gasteiger partial charge in [-0.25, -0.2) is 0 Å². The van der Waals surface area contributed by atoms with E-state index in [0.29, 0.717) is 0 Å². The van der Waals surface area contributed by atoms with Crippen LogP contribution in [0.25, 0.3) is 0 Å². The Bertz CT molecular complexity index is 97.1. The van der Waals surface area contributed by atoms with Gasteiger partial charge in [0.05, 0.1) is 5.50 Å². The van der Waals surface area contributed by atoms with E-state index in [1.165, 1.54) is 0 Å². The lowest BCUT2D eigenvalue weighted by Crippen LogP contribution is -2.47. The number of halogens is 1. The first-order chi connectivity index (χ1) is 4.20. The van der Waals surface area contributed by atoms with Crippen molar-refractivity contribution in [1.29, 1.82) is 0 Å². The average molecular weight is 149 g/mol. The molecule has 0 bridgehead atoms. The fourth-order valence-electron chi connectivity index (χ4n) is 0.956. The quantitative estimate of drug-likeness (QED) is 0.363. The van der Waals surface area contributed by atoms with Crippen molar-refractivity contribution in [2.75, 3.05) is 33.7 Å². The first kappa shape index (κ1) is 7.32. The first-order valence-electron chi connectivity index (χ1n) is 3.23. The molecule has 1 rings (SSSR count). The van der Waals surface area contributed by atoms with Gasteiger partial charge in [0.2, 0.25) is 0 Å². The van der Waals surface area contributed by atoms with E-state index in [4.69, 9.17) is 11.6 Å². The van der Waals surface area contributed by atoms with E-state index in [1.807, 2.05) is 0 Å². The normalized spacial score (nSPS) is 33.0. The van der Waals surface area contributed by atoms with Crippen LogP contribution in [0.3, 0.4) is 0 Å².